The van der Waals surface area contributed by atoms with Gasteiger partial charge >= 0.3 is 5.97 Å². The highest BCUT2D eigenvalue weighted by molar-refractivity contribution is 9.10. The van der Waals surface area contributed by atoms with E-state index in [4.69, 9.17) is 18.9 Å². The largest absolute Gasteiger partial charge is 0.507 e. The Morgan fingerprint density at radius 1 is 1.26 bits per heavy atom. The molecular formula is C16H13BrO6. The maximum Gasteiger partial charge on any atom is 0.342 e. The van der Waals surface area contributed by atoms with Crippen molar-refractivity contribution in [3.05, 3.63) is 45.9 Å². The minimum Gasteiger partial charge on any atom is -0.507 e. The predicted octanol–water partition coefficient (Wildman–Crippen LogP) is 3.25. The van der Waals surface area contributed by atoms with Crippen molar-refractivity contribution in [3.63, 3.8) is 0 Å². The van der Waals surface area contributed by atoms with Crippen LogP contribution in [0.5, 0.6) is 23.0 Å². The Morgan fingerprint density at radius 2 is 2.00 bits per heavy atom. The molecule has 0 saturated carbocycles. The summed E-state index contributed by atoms with van der Waals surface area (Å²) >= 11 is 3.40. The number of rotatable bonds is 4. The first-order valence-electron chi connectivity index (χ1n) is 6.70. The van der Waals surface area contributed by atoms with Gasteiger partial charge in [-0.25, -0.2) is 4.79 Å². The molecule has 1 aliphatic rings. The summed E-state index contributed by atoms with van der Waals surface area (Å²) in [4.78, 5) is 12.1. The predicted molar refractivity (Wildman–Crippen MR) is 84.0 cm³/mol. The molecule has 0 spiro atoms. The summed E-state index contributed by atoms with van der Waals surface area (Å²) in [6, 6.07) is 7.86. The minimum absolute atomic E-state index is 0.0205. The Bertz CT molecular complexity index is 758. The van der Waals surface area contributed by atoms with Crippen LogP contribution in [0.25, 0.3) is 0 Å². The lowest BCUT2D eigenvalue weighted by atomic mass is 10.2. The normalized spacial score (nSPS) is 12.1. The summed E-state index contributed by atoms with van der Waals surface area (Å²) in [5.74, 6) is 0.881. The molecule has 120 valence electrons. The van der Waals surface area contributed by atoms with E-state index in [1.54, 1.807) is 18.2 Å². The van der Waals surface area contributed by atoms with Crippen molar-refractivity contribution in [3.8, 4) is 23.0 Å². The number of aromatic hydroxyl groups is 1. The molecule has 0 saturated heterocycles. The van der Waals surface area contributed by atoms with Crippen LogP contribution in [0.15, 0.2) is 34.8 Å². The van der Waals surface area contributed by atoms with E-state index in [9.17, 15) is 9.90 Å². The highest BCUT2D eigenvalue weighted by Crippen LogP contribution is 2.37. The van der Waals surface area contributed by atoms with Crippen LogP contribution in [-0.2, 0) is 11.3 Å². The highest BCUT2D eigenvalue weighted by atomic mass is 79.9. The molecule has 2 aromatic carbocycles. The van der Waals surface area contributed by atoms with Crippen molar-refractivity contribution >= 4 is 21.9 Å². The first kappa shape index (κ1) is 15.5. The Morgan fingerprint density at radius 3 is 2.74 bits per heavy atom. The molecule has 1 N–H and O–H groups in total. The maximum atomic E-state index is 12.1. The van der Waals surface area contributed by atoms with Crippen LogP contribution in [0.1, 0.15) is 15.9 Å². The quantitative estimate of drug-likeness (QED) is 0.820. The second-order valence-electron chi connectivity index (χ2n) is 4.76. The van der Waals surface area contributed by atoms with Crippen molar-refractivity contribution in [1.29, 1.82) is 0 Å². The van der Waals surface area contributed by atoms with Gasteiger partial charge in [0.15, 0.2) is 11.5 Å². The third kappa shape index (κ3) is 3.19. The van der Waals surface area contributed by atoms with E-state index in [1.165, 1.54) is 19.2 Å². The Kier molecular flexibility index (Phi) is 4.29. The zero-order chi connectivity index (χ0) is 16.4. The number of ether oxygens (including phenoxy) is 4. The molecule has 0 radical (unpaired) electrons. The number of esters is 1. The van der Waals surface area contributed by atoms with Gasteiger partial charge in [0, 0.05) is 10.0 Å². The topological polar surface area (TPSA) is 74.2 Å². The second kappa shape index (κ2) is 6.37. The maximum absolute atomic E-state index is 12.1. The van der Waals surface area contributed by atoms with Gasteiger partial charge in [0.05, 0.1) is 7.11 Å². The number of fused-ring (bicyclic) bond motifs is 1. The molecule has 7 heteroatoms. The number of phenols is 1. The Hall–Kier alpha value is -2.41. The van der Waals surface area contributed by atoms with Gasteiger partial charge in [-0.2, -0.15) is 0 Å². The number of benzene rings is 2. The lowest BCUT2D eigenvalue weighted by molar-refractivity contribution is 0.0468. The molecular weight excluding hydrogens is 368 g/mol. The van der Waals surface area contributed by atoms with E-state index >= 15 is 0 Å². The SMILES string of the molecule is COc1ccc(O)c(C(=O)OCc2cc3c(cc2Br)OCO3)c1. The average Bonchev–Trinajstić information content (AvgIpc) is 2.99. The van der Waals surface area contributed by atoms with Crippen LogP contribution < -0.4 is 14.2 Å². The smallest absolute Gasteiger partial charge is 0.342 e. The molecule has 3 rings (SSSR count). The first-order valence-corrected chi connectivity index (χ1v) is 7.50. The third-order valence-electron chi connectivity index (χ3n) is 3.32. The second-order valence-corrected chi connectivity index (χ2v) is 5.61. The summed E-state index contributed by atoms with van der Waals surface area (Å²) in [6.45, 7) is 0.190. The van der Waals surface area contributed by atoms with Crippen LogP contribution in [0.3, 0.4) is 0 Å². The molecule has 2 aromatic rings. The van der Waals surface area contributed by atoms with E-state index < -0.39 is 5.97 Å². The van der Waals surface area contributed by atoms with Crippen molar-refractivity contribution in [2.45, 2.75) is 6.61 Å². The molecule has 0 amide bonds. The summed E-state index contributed by atoms with van der Waals surface area (Å²) in [5.41, 5.74) is 0.770. The first-order chi connectivity index (χ1) is 11.1. The van der Waals surface area contributed by atoms with Gasteiger partial charge in [-0.15, -0.1) is 0 Å². The summed E-state index contributed by atoms with van der Waals surface area (Å²) in [5, 5.41) is 9.78. The molecule has 0 unspecified atom stereocenters. The van der Waals surface area contributed by atoms with E-state index in [0.717, 1.165) is 10.0 Å². The number of halogens is 1. The Labute approximate surface area is 140 Å². The van der Waals surface area contributed by atoms with Crippen LogP contribution in [0.4, 0.5) is 0 Å². The zero-order valence-electron chi connectivity index (χ0n) is 12.2. The number of hydrogen-bond acceptors (Lipinski definition) is 6. The summed E-state index contributed by atoms with van der Waals surface area (Å²) < 4.78 is 21.6. The van der Waals surface area contributed by atoms with Crippen LogP contribution in [0.2, 0.25) is 0 Å². The number of carbonyl (C=O) groups excluding carboxylic acids is 1. The molecule has 0 bridgehead atoms. The van der Waals surface area contributed by atoms with Gasteiger partial charge in [-0.05, 0) is 30.3 Å². The fourth-order valence-electron chi connectivity index (χ4n) is 2.10. The van der Waals surface area contributed by atoms with Gasteiger partial charge in [-0.3, -0.25) is 0 Å². The fourth-order valence-corrected chi connectivity index (χ4v) is 2.53. The molecule has 23 heavy (non-hydrogen) atoms. The number of hydrogen-bond donors (Lipinski definition) is 1. The average molecular weight is 381 g/mol. The van der Waals surface area contributed by atoms with Crippen LogP contribution >= 0.6 is 15.9 Å². The molecule has 0 aliphatic carbocycles. The Balaban J connectivity index is 1.75. The number of carbonyl (C=O) groups is 1. The fraction of sp³-hybridized carbons (Fsp3) is 0.188. The van der Waals surface area contributed by atoms with Crippen molar-refractivity contribution in [1.82, 2.24) is 0 Å². The lowest BCUT2D eigenvalue weighted by Crippen LogP contribution is -2.06. The van der Waals surface area contributed by atoms with E-state index in [-0.39, 0.29) is 24.7 Å². The molecule has 0 fully saturated rings. The van der Waals surface area contributed by atoms with Crippen molar-refractivity contribution in [2.75, 3.05) is 13.9 Å². The third-order valence-corrected chi connectivity index (χ3v) is 4.06. The minimum atomic E-state index is -0.647. The number of methoxy groups -OCH3 is 1. The summed E-state index contributed by atoms with van der Waals surface area (Å²) in [6.07, 6.45) is 0. The van der Waals surface area contributed by atoms with Gasteiger partial charge in [-0.1, -0.05) is 15.9 Å². The monoisotopic (exact) mass is 380 g/mol. The van der Waals surface area contributed by atoms with Crippen LogP contribution in [-0.4, -0.2) is 25.0 Å². The van der Waals surface area contributed by atoms with Gasteiger partial charge in [0.25, 0.3) is 0 Å². The van der Waals surface area contributed by atoms with Gasteiger partial charge < -0.3 is 24.1 Å². The number of phenolic OH excluding ortho intramolecular Hbond substituents is 1. The lowest BCUT2D eigenvalue weighted by Gasteiger charge is -2.10. The molecule has 6 nitrogen and oxygen atoms in total. The summed E-state index contributed by atoms with van der Waals surface area (Å²) in [7, 11) is 1.48. The standard InChI is InChI=1S/C16H13BrO6/c1-20-10-2-3-13(18)11(5-10)16(19)21-7-9-4-14-15(6-12(9)17)23-8-22-14/h2-6,18H,7-8H2,1H3. The van der Waals surface area contributed by atoms with E-state index in [1.807, 2.05) is 0 Å². The van der Waals surface area contributed by atoms with E-state index in [0.29, 0.717) is 17.2 Å². The van der Waals surface area contributed by atoms with Gasteiger partial charge in [0.1, 0.15) is 23.7 Å². The molecule has 1 heterocycles. The highest BCUT2D eigenvalue weighted by Gasteiger charge is 2.18. The zero-order valence-corrected chi connectivity index (χ0v) is 13.8. The van der Waals surface area contributed by atoms with Crippen LogP contribution in [0, 0.1) is 0 Å². The van der Waals surface area contributed by atoms with Crippen molar-refractivity contribution < 1.29 is 28.8 Å². The molecule has 0 aromatic heterocycles. The van der Waals surface area contributed by atoms with Crippen molar-refractivity contribution in [2.24, 2.45) is 0 Å². The van der Waals surface area contributed by atoms with E-state index in [2.05, 4.69) is 15.9 Å². The van der Waals surface area contributed by atoms with Gasteiger partial charge in [0.2, 0.25) is 6.79 Å². The molecule has 1 aliphatic heterocycles. The molecule has 0 atom stereocenters.